The van der Waals surface area contributed by atoms with Gasteiger partial charge >= 0.3 is 0 Å². The minimum atomic E-state index is 0.336. The number of anilines is 1. The van der Waals surface area contributed by atoms with E-state index in [9.17, 15) is 0 Å². The molecule has 6 nitrogen and oxygen atoms in total. The summed E-state index contributed by atoms with van der Waals surface area (Å²) in [5.41, 5.74) is 7.02. The Balaban J connectivity index is 1.93. The molecule has 0 aliphatic carbocycles. The normalized spacial score (nSPS) is 10.4. The van der Waals surface area contributed by atoms with E-state index in [1.807, 2.05) is 24.3 Å². The van der Waals surface area contributed by atoms with Gasteiger partial charge in [0.25, 0.3) is 5.89 Å². The fourth-order valence-corrected chi connectivity index (χ4v) is 1.76. The van der Waals surface area contributed by atoms with Crippen LogP contribution in [0.5, 0.6) is 5.75 Å². The summed E-state index contributed by atoms with van der Waals surface area (Å²) in [6.45, 7) is 0. The number of nitrogens with zero attached hydrogens (tertiary/aromatic N) is 3. The van der Waals surface area contributed by atoms with Gasteiger partial charge < -0.3 is 15.0 Å². The van der Waals surface area contributed by atoms with Crippen molar-refractivity contribution in [3.63, 3.8) is 0 Å². The van der Waals surface area contributed by atoms with Gasteiger partial charge in [-0.15, -0.1) is 0 Å². The maximum Gasteiger partial charge on any atom is 0.276 e. The quantitative estimate of drug-likeness (QED) is 0.784. The molecule has 0 saturated heterocycles. The number of pyridine rings is 1. The predicted octanol–water partition coefficient (Wildman–Crippen LogP) is 2.39. The second-order valence-electron chi connectivity index (χ2n) is 4.10. The summed E-state index contributed by atoms with van der Waals surface area (Å²) in [5.74, 6) is 2.01. The van der Waals surface area contributed by atoms with E-state index in [-0.39, 0.29) is 0 Å². The molecule has 2 N–H and O–H groups in total. The maximum absolute atomic E-state index is 5.63. The summed E-state index contributed by atoms with van der Waals surface area (Å²) in [6, 6.07) is 12.6. The number of methoxy groups -OCH3 is 1. The molecule has 2 aromatic heterocycles. The minimum absolute atomic E-state index is 0.336. The van der Waals surface area contributed by atoms with Crippen molar-refractivity contribution in [3.8, 4) is 28.7 Å². The average Bonchev–Trinajstić information content (AvgIpc) is 2.97. The first kappa shape index (κ1) is 12.2. The van der Waals surface area contributed by atoms with Crippen LogP contribution in [-0.4, -0.2) is 22.2 Å². The van der Waals surface area contributed by atoms with Gasteiger partial charge in [-0.3, -0.25) is 0 Å². The van der Waals surface area contributed by atoms with Gasteiger partial charge in [0.1, 0.15) is 17.3 Å². The van der Waals surface area contributed by atoms with Crippen LogP contribution >= 0.6 is 0 Å². The third-order valence-corrected chi connectivity index (χ3v) is 2.76. The fourth-order valence-electron chi connectivity index (χ4n) is 1.76. The van der Waals surface area contributed by atoms with Crippen molar-refractivity contribution in [1.82, 2.24) is 15.1 Å². The SMILES string of the molecule is COc1ccc(-c2noc(-c3cccc(N)n3)n2)cc1. The van der Waals surface area contributed by atoms with Crippen molar-refractivity contribution in [2.45, 2.75) is 0 Å². The molecule has 0 amide bonds. The lowest BCUT2D eigenvalue weighted by molar-refractivity contribution is 0.414. The van der Waals surface area contributed by atoms with E-state index in [0.717, 1.165) is 11.3 Å². The van der Waals surface area contributed by atoms with Crippen LogP contribution < -0.4 is 10.5 Å². The highest BCUT2D eigenvalue weighted by atomic mass is 16.5. The molecule has 0 aliphatic heterocycles. The number of ether oxygens (including phenoxy) is 1. The Morgan fingerprint density at radius 3 is 2.55 bits per heavy atom. The highest BCUT2D eigenvalue weighted by Gasteiger charge is 2.11. The van der Waals surface area contributed by atoms with Crippen molar-refractivity contribution in [3.05, 3.63) is 42.5 Å². The van der Waals surface area contributed by atoms with Crippen molar-refractivity contribution in [2.75, 3.05) is 12.8 Å². The number of hydrogen-bond donors (Lipinski definition) is 1. The van der Waals surface area contributed by atoms with E-state index < -0.39 is 0 Å². The smallest absolute Gasteiger partial charge is 0.276 e. The Morgan fingerprint density at radius 1 is 1.05 bits per heavy atom. The fraction of sp³-hybridized carbons (Fsp3) is 0.0714. The van der Waals surface area contributed by atoms with E-state index in [0.29, 0.717) is 23.2 Å². The molecule has 2 heterocycles. The molecule has 0 unspecified atom stereocenters. The van der Waals surface area contributed by atoms with E-state index in [1.54, 1.807) is 25.3 Å². The van der Waals surface area contributed by atoms with E-state index in [2.05, 4.69) is 15.1 Å². The van der Waals surface area contributed by atoms with Crippen LogP contribution in [0.3, 0.4) is 0 Å². The van der Waals surface area contributed by atoms with Gasteiger partial charge in [0.15, 0.2) is 0 Å². The molecule has 0 spiro atoms. The molecular weight excluding hydrogens is 256 g/mol. The first-order chi connectivity index (χ1) is 9.76. The van der Waals surface area contributed by atoms with Crippen molar-refractivity contribution in [1.29, 1.82) is 0 Å². The lowest BCUT2D eigenvalue weighted by Crippen LogP contribution is -1.91. The number of hydrogen-bond acceptors (Lipinski definition) is 6. The molecule has 3 aromatic rings. The number of rotatable bonds is 3. The molecule has 1 aromatic carbocycles. The Labute approximate surface area is 115 Å². The zero-order valence-corrected chi connectivity index (χ0v) is 10.8. The molecule has 0 radical (unpaired) electrons. The summed E-state index contributed by atoms with van der Waals surface area (Å²) in [7, 11) is 1.62. The standard InChI is InChI=1S/C14H12N4O2/c1-19-10-7-5-9(6-8-10)13-17-14(20-18-13)11-3-2-4-12(15)16-11/h2-8H,1H3,(H2,15,16). The Hall–Kier alpha value is -2.89. The molecular formula is C14H12N4O2. The first-order valence-electron chi connectivity index (χ1n) is 5.97. The summed E-state index contributed by atoms with van der Waals surface area (Å²) in [4.78, 5) is 8.45. The molecule has 0 saturated carbocycles. The Bertz CT molecular complexity index is 722. The van der Waals surface area contributed by atoms with Crippen LogP contribution in [0.25, 0.3) is 23.0 Å². The van der Waals surface area contributed by atoms with Crippen molar-refractivity contribution in [2.24, 2.45) is 0 Å². The number of benzene rings is 1. The average molecular weight is 268 g/mol. The number of nitrogens with two attached hydrogens (primary N) is 1. The van der Waals surface area contributed by atoms with Crippen LogP contribution in [0.1, 0.15) is 0 Å². The van der Waals surface area contributed by atoms with Crippen LogP contribution in [0.2, 0.25) is 0 Å². The highest BCUT2D eigenvalue weighted by Crippen LogP contribution is 2.23. The maximum atomic E-state index is 5.63. The lowest BCUT2D eigenvalue weighted by Gasteiger charge is -1.99. The van der Waals surface area contributed by atoms with Crippen molar-refractivity contribution >= 4 is 5.82 Å². The van der Waals surface area contributed by atoms with E-state index >= 15 is 0 Å². The lowest BCUT2D eigenvalue weighted by atomic mass is 10.2. The second-order valence-corrected chi connectivity index (χ2v) is 4.10. The molecule has 0 atom stereocenters. The first-order valence-corrected chi connectivity index (χ1v) is 5.97. The van der Waals surface area contributed by atoms with Crippen LogP contribution in [-0.2, 0) is 0 Å². The minimum Gasteiger partial charge on any atom is -0.497 e. The van der Waals surface area contributed by atoms with Gasteiger partial charge in [-0.2, -0.15) is 4.98 Å². The number of aromatic nitrogens is 3. The van der Waals surface area contributed by atoms with Crippen LogP contribution in [0, 0.1) is 0 Å². The summed E-state index contributed by atoms with van der Waals surface area (Å²) in [6.07, 6.45) is 0. The summed E-state index contributed by atoms with van der Waals surface area (Å²) >= 11 is 0. The monoisotopic (exact) mass is 268 g/mol. The zero-order valence-electron chi connectivity index (χ0n) is 10.8. The zero-order chi connectivity index (χ0) is 13.9. The summed E-state index contributed by atoms with van der Waals surface area (Å²) in [5, 5.41) is 3.94. The van der Waals surface area contributed by atoms with Gasteiger partial charge in [0, 0.05) is 5.56 Å². The Kier molecular flexibility index (Phi) is 3.04. The van der Waals surface area contributed by atoms with Crippen LogP contribution in [0.4, 0.5) is 5.82 Å². The molecule has 100 valence electrons. The van der Waals surface area contributed by atoms with Gasteiger partial charge in [-0.25, -0.2) is 4.98 Å². The molecule has 6 heteroatoms. The topological polar surface area (TPSA) is 87.1 Å². The predicted molar refractivity (Wildman–Crippen MR) is 73.9 cm³/mol. The van der Waals surface area contributed by atoms with Crippen LogP contribution in [0.15, 0.2) is 47.0 Å². The Morgan fingerprint density at radius 2 is 1.85 bits per heavy atom. The van der Waals surface area contributed by atoms with E-state index in [4.69, 9.17) is 15.0 Å². The molecule has 0 aliphatic rings. The third-order valence-electron chi connectivity index (χ3n) is 2.76. The molecule has 0 bridgehead atoms. The molecule has 20 heavy (non-hydrogen) atoms. The van der Waals surface area contributed by atoms with Gasteiger partial charge in [0.05, 0.1) is 7.11 Å². The highest BCUT2D eigenvalue weighted by molar-refractivity contribution is 5.59. The molecule has 3 rings (SSSR count). The van der Waals surface area contributed by atoms with Gasteiger partial charge in [0.2, 0.25) is 5.82 Å². The second kappa shape index (κ2) is 5.00. The largest absolute Gasteiger partial charge is 0.497 e. The van der Waals surface area contributed by atoms with Gasteiger partial charge in [-0.05, 0) is 36.4 Å². The van der Waals surface area contributed by atoms with Crippen molar-refractivity contribution < 1.29 is 9.26 Å². The van der Waals surface area contributed by atoms with Gasteiger partial charge in [-0.1, -0.05) is 11.2 Å². The third kappa shape index (κ3) is 2.31. The van der Waals surface area contributed by atoms with E-state index in [1.165, 1.54) is 0 Å². The molecule has 0 fully saturated rings. The summed E-state index contributed by atoms with van der Waals surface area (Å²) < 4.78 is 10.3. The number of nitrogen functional groups attached to an aromatic ring is 1.